The van der Waals surface area contributed by atoms with Gasteiger partial charge in [-0.1, -0.05) is 18.2 Å². The Kier molecular flexibility index (Phi) is 5.14. The van der Waals surface area contributed by atoms with Crippen molar-refractivity contribution < 1.29 is 0 Å². The standard InChI is InChI=1S/C21H24N6/c1-17-4-2-6-19(12-17)26-8-10-27(11-9-26)21-13-20(24-16-25-21)23-15-18-5-3-7-22-14-18/h2-7,12-14,16H,8-11,15H2,1H3,(H,23,24,25). The Bertz CT molecular complexity index is 875. The molecule has 0 unspecified atom stereocenters. The summed E-state index contributed by atoms with van der Waals surface area (Å²) in [5.41, 5.74) is 3.73. The van der Waals surface area contributed by atoms with Gasteiger partial charge >= 0.3 is 0 Å². The smallest absolute Gasteiger partial charge is 0.134 e. The van der Waals surface area contributed by atoms with E-state index in [9.17, 15) is 0 Å². The fraction of sp³-hybridized carbons (Fsp3) is 0.286. The van der Waals surface area contributed by atoms with Gasteiger partial charge in [0.25, 0.3) is 0 Å². The highest BCUT2D eigenvalue weighted by atomic mass is 15.3. The van der Waals surface area contributed by atoms with Crippen LogP contribution in [0.3, 0.4) is 0 Å². The number of rotatable bonds is 5. The second-order valence-corrected chi connectivity index (χ2v) is 6.79. The zero-order chi connectivity index (χ0) is 18.5. The predicted molar refractivity (Wildman–Crippen MR) is 109 cm³/mol. The molecule has 27 heavy (non-hydrogen) atoms. The van der Waals surface area contributed by atoms with Gasteiger partial charge in [-0.25, -0.2) is 9.97 Å². The van der Waals surface area contributed by atoms with Gasteiger partial charge in [-0.3, -0.25) is 4.98 Å². The minimum absolute atomic E-state index is 0.700. The lowest BCUT2D eigenvalue weighted by Gasteiger charge is -2.36. The molecule has 1 aliphatic heterocycles. The SMILES string of the molecule is Cc1cccc(N2CCN(c3cc(NCc4cccnc4)ncn3)CC2)c1. The number of nitrogens with one attached hydrogen (secondary N) is 1. The Hall–Kier alpha value is -3.15. The quantitative estimate of drug-likeness (QED) is 0.754. The van der Waals surface area contributed by atoms with Crippen LogP contribution in [0.2, 0.25) is 0 Å². The summed E-state index contributed by atoms with van der Waals surface area (Å²) in [7, 11) is 0. The molecule has 6 nitrogen and oxygen atoms in total. The van der Waals surface area contributed by atoms with Gasteiger partial charge in [0, 0.05) is 56.9 Å². The predicted octanol–water partition coefficient (Wildman–Crippen LogP) is 3.12. The minimum atomic E-state index is 0.700. The summed E-state index contributed by atoms with van der Waals surface area (Å²) in [6.07, 6.45) is 5.27. The first kappa shape index (κ1) is 17.3. The molecule has 1 fully saturated rings. The van der Waals surface area contributed by atoms with Crippen molar-refractivity contribution in [3.05, 3.63) is 72.3 Å². The molecule has 1 N–H and O–H groups in total. The van der Waals surface area contributed by atoms with E-state index in [2.05, 4.69) is 61.3 Å². The monoisotopic (exact) mass is 360 g/mol. The molecule has 138 valence electrons. The van der Waals surface area contributed by atoms with E-state index in [4.69, 9.17) is 0 Å². The molecule has 0 amide bonds. The summed E-state index contributed by atoms with van der Waals surface area (Å²) in [6, 6.07) is 14.7. The van der Waals surface area contributed by atoms with Crippen molar-refractivity contribution >= 4 is 17.3 Å². The van der Waals surface area contributed by atoms with E-state index in [1.54, 1.807) is 12.5 Å². The van der Waals surface area contributed by atoms with Crippen LogP contribution in [0.1, 0.15) is 11.1 Å². The maximum Gasteiger partial charge on any atom is 0.134 e. The van der Waals surface area contributed by atoms with Crippen LogP contribution in [-0.4, -0.2) is 41.1 Å². The van der Waals surface area contributed by atoms with Crippen LogP contribution in [0.25, 0.3) is 0 Å². The highest BCUT2D eigenvalue weighted by molar-refractivity contribution is 5.53. The molecule has 1 aliphatic rings. The first-order valence-electron chi connectivity index (χ1n) is 9.29. The van der Waals surface area contributed by atoms with Crippen LogP contribution in [-0.2, 0) is 6.54 Å². The van der Waals surface area contributed by atoms with Crippen LogP contribution in [0, 0.1) is 6.92 Å². The fourth-order valence-corrected chi connectivity index (χ4v) is 3.33. The van der Waals surface area contributed by atoms with Crippen molar-refractivity contribution in [2.75, 3.05) is 41.3 Å². The van der Waals surface area contributed by atoms with Crippen molar-refractivity contribution in [1.29, 1.82) is 0 Å². The molecule has 2 aromatic heterocycles. The van der Waals surface area contributed by atoms with Gasteiger partial charge in [0.15, 0.2) is 0 Å². The van der Waals surface area contributed by atoms with E-state index in [0.29, 0.717) is 6.54 Å². The topological polar surface area (TPSA) is 57.2 Å². The van der Waals surface area contributed by atoms with E-state index >= 15 is 0 Å². The fourth-order valence-electron chi connectivity index (χ4n) is 3.33. The molecular weight excluding hydrogens is 336 g/mol. The Labute approximate surface area is 159 Å². The number of hydrogen-bond donors (Lipinski definition) is 1. The summed E-state index contributed by atoms with van der Waals surface area (Å²) in [6.45, 7) is 6.73. The summed E-state index contributed by atoms with van der Waals surface area (Å²) in [5, 5.41) is 3.35. The van der Waals surface area contributed by atoms with Crippen LogP contribution < -0.4 is 15.1 Å². The Morgan fingerprint density at radius 2 is 1.81 bits per heavy atom. The maximum atomic E-state index is 4.47. The molecular formula is C21H24N6. The molecule has 0 aliphatic carbocycles. The van der Waals surface area contributed by atoms with Crippen LogP contribution in [0.4, 0.5) is 17.3 Å². The van der Waals surface area contributed by atoms with E-state index in [-0.39, 0.29) is 0 Å². The zero-order valence-electron chi connectivity index (χ0n) is 15.5. The highest BCUT2D eigenvalue weighted by Gasteiger charge is 2.18. The van der Waals surface area contributed by atoms with E-state index in [0.717, 1.165) is 43.4 Å². The van der Waals surface area contributed by atoms with Gasteiger partial charge in [0.2, 0.25) is 0 Å². The molecule has 0 saturated carbocycles. The van der Waals surface area contributed by atoms with Gasteiger partial charge in [-0.15, -0.1) is 0 Å². The van der Waals surface area contributed by atoms with Crippen molar-refractivity contribution in [2.24, 2.45) is 0 Å². The van der Waals surface area contributed by atoms with Gasteiger partial charge in [-0.05, 0) is 36.2 Å². The third-order valence-electron chi connectivity index (χ3n) is 4.82. The molecule has 3 heterocycles. The number of benzene rings is 1. The molecule has 1 saturated heterocycles. The van der Waals surface area contributed by atoms with E-state index < -0.39 is 0 Å². The maximum absolute atomic E-state index is 4.47. The summed E-state index contributed by atoms with van der Waals surface area (Å²) in [5.74, 6) is 1.81. The number of pyridine rings is 1. The molecule has 3 aromatic rings. The zero-order valence-corrected chi connectivity index (χ0v) is 15.5. The van der Waals surface area contributed by atoms with Crippen molar-refractivity contribution in [1.82, 2.24) is 15.0 Å². The highest BCUT2D eigenvalue weighted by Crippen LogP contribution is 2.21. The van der Waals surface area contributed by atoms with Crippen LogP contribution in [0.5, 0.6) is 0 Å². The molecule has 1 aromatic carbocycles. The third-order valence-corrected chi connectivity index (χ3v) is 4.82. The second kappa shape index (κ2) is 8.03. The first-order valence-corrected chi connectivity index (χ1v) is 9.29. The number of hydrogen-bond acceptors (Lipinski definition) is 6. The third kappa shape index (κ3) is 4.34. The van der Waals surface area contributed by atoms with Crippen LogP contribution in [0.15, 0.2) is 61.2 Å². The number of anilines is 3. The van der Waals surface area contributed by atoms with E-state index in [1.807, 2.05) is 24.4 Å². The minimum Gasteiger partial charge on any atom is -0.368 e. The van der Waals surface area contributed by atoms with Gasteiger partial charge in [-0.2, -0.15) is 0 Å². The molecule has 4 rings (SSSR count). The Balaban J connectivity index is 1.37. The summed E-state index contributed by atoms with van der Waals surface area (Å²) < 4.78 is 0. The second-order valence-electron chi connectivity index (χ2n) is 6.79. The molecule has 0 bridgehead atoms. The lowest BCUT2D eigenvalue weighted by atomic mass is 10.2. The van der Waals surface area contributed by atoms with Crippen molar-refractivity contribution in [3.63, 3.8) is 0 Å². The lowest BCUT2D eigenvalue weighted by Crippen LogP contribution is -2.46. The van der Waals surface area contributed by atoms with Crippen LogP contribution >= 0.6 is 0 Å². The lowest BCUT2D eigenvalue weighted by molar-refractivity contribution is 0.646. The Morgan fingerprint density at radius 3 is 2.59 bits per heavy atom. The van der Waals surface area contributed by atoms with Crippen molar-refractivity contribution in [2.45, 2.75) is 13.5 Å². The van der Waals surface area contributed by atoms with E-state index in [1.165, 1.54) is 11.3 Å². The van der Waals surface area contributed by atoms with Gasteiger partial charge < -0.3 is 15.1 Å². The van der Waals surface area contributed by atoms with Crippen molar-refractivity contribution in [3.8, 4) is 0 Å². The average molecular weight is 360 g/mol. The summed E-state index contributed by atoms with van der Waals surface area (Å²) >= 11 is 0. The first-order chi connectivity index (χ1) is 13.3. The molecule has 0 radical (unpaired) electrons. The summed E-state index contributed by atoms with van der Waals surface area (Å²) in [4.78, 5) is 17.7. The van der Waals surface area contributed by atoms with Gasteiger partial charge in [0.05, 0.1) is 0 Å². The average Bonchev–Trinajstić information content (AvgIpc) is 2.73. The number of aromatic nitrogens is 3. The Morgan fingerprint density at radius 1 is 0.963 bits per heavy atom. The molecule has 0 spiro atoms. The van der Waals surface area contributed by atoms with Gasteiger partial charge in [0.1, 0.15) is 18.0 Å². The number of piperazine rings is 1. The number of nitrogens with zero attached hydrogens (tertiary/aromatic N) is 5. The largest absolute Gasteiger partial charge is 0.368 e. The molecule has 6 heteroatoms. The normalized spacial score (nSPS) is 14.3. The number of aryl methyl sites for hydroxylation is 1. The molecule has 0 atom stereocenters.